The van der Waals surface area contributed by atoms with E-state index in [9.17, 15) is 9.18 Å². The number of nitrogens with one attached hydrogen (secondary N) is 1. The van der Waals surface area contributed by atoms with Gasteiger partial charge in [0.25, 0.3) is 5.91 Å². The van der Waals surface area contributed by atoms with Crippen molar-refractivity contribution >= 4 is 22.8 Å². The molecular formula is C22H16FN7O. The van der Waals surface area contributed by atoms with Crippen LogP contribution in [0.15, 0.2) is 73.2 Å². The predicted molar refractivity (Wildman–Crippen MR) is 113 cm³/mol. The van der Waals surface area contributed by atoms with Crippen LogP contribution in [0, 0.1) is 12.7 Å². The first-order valence-corrected chi connectivity index (χ1v) is 9.49. The average molecular weight is 413 g/mol. The lowest BCUT2D eigenvalue weighted by molar-refractivity contribution is 0.102. The van der Waals surface area contributed by atoms with Crippen LogP contribution in [0.3, 0.4) is 0 Å². The van der Waals surface area contributed by atoms with E-state index in [0.29, 0.717) is 28.4 Å². The van der Waals surface area contributed by atoms with Crippen molar-refractivity contribution in [1.29, 1.82) is 0 Å². The standard InChI is InChI=1S/C22H16FN7O/c1-14-11-19(27-22(31)16-9-5-6-10-18(16)23)30(28-14)21-17-12-26-29(20(17)24-13-25-21)15-7-3-2-4-8-15/h2-13H,1H3,(H,27,31). The van der Waals surface area contributed by atoms with E-state index in [4.69, 9.17) is 0 Å². The van der Waals surface area contributed by atoms with Crippen molar-refractivity contribution in [2.24, 2.45) is 0 Å². The summed E-state index contributed by atoms with van der Waals surface area (Å²) in [6.45, 7) is 1.79. The number of anilines is 1. The smallest absolute Gasteiger partial charge is 0.259 e. The number of hydrogen-bond acceptors (Lipinski definition) is 5. The lowest BCUT2D eigenvalue weighted by atomic mass is 10.2. The van der Waals surface area contributed by atoms with Gasteiger partial charge in [-0.05, 0) is 31.2 Å². The Bertz CT molecular complexity index is 1410. The van der Waals surface area contributed by atoms with Crippen LogP contribution < -0.4 is 5.32 Å². The van der Waals surface area contributed by atoms with Gasteiger partial charge in [0.2, 0.25) is 0 Å². The Kier molecular flexibility index (Phi) is 4.47. The van der Waals surface area contributed by atoms with Gasteiger partial charge in [-0.15, -0.1) is 0 Å². The van der Waals surface area contributed by atoms with Gasteiger partial charge < -0.3 is 5.32 Å². The minimum Gasteiger partial charge on any atom is -0.306 e. The Morgan fingerprint density at radius 3 is 2.58 bits per heavy atom. The number of amides is 1. The maximum atomic E-state index is 14.0. The van der Waals surface area contributed by atoms with Gasteiger partial charge in [0.15, 0.2) is 11.5 Å². The van der Waals surface area contributed by atoms with Crippen LogP contribution >= 0.6 is 0 Å². The Balaban J connectivity index is 1.58. The van der Waals surface area contributed by atoms with Crippen LogP contribution in [-0.4, -0.2) is 35.4 Å². The number of fused-ring (bicyclic) bond motifs is 1. The van der Waals surface area contributed by atoms with E-state index in [-0.39, 0.29) is 5.56 Å². The van der Waals surface area contributed by atoms with Gasteiger partial charge in [0.1, 0.15) is 18.0 Å². The first-order valence-electron chi connectivity index (χ1n) is 9.49. The molecule has 3 heterocycles. The number of aromatic nitrogens is 6. The molecule has 0 aliphatic heterocycles. The molecule has 0 unspecified atom stereocenters. The molecule has 1 amide bonds. The van der Waals surface area contributed by atoms with E-state index in [0.717, 1.165) is 5.69 Å². The topological polar surface area (TPSA) is 90.5 Å². The highest BCUT2D eigenvalue weighted by Crippen LogP contribution is 2.24. The fourth-order valence-corrected chi connectivity index (χ4v) is 3.34. The Morgan fingerprint density at radius 2 is 1.77 bits per heavy atom. The lowest BCUT2D eigenvalue weighted by Gasteiger charge is -2.09. The van der Waals surface area contributed by atoms with Gasteiger partial charge >= 0.3 is 0 Å². The van der Waals surface area contributed by atoms with Crippen LogP contribution in [0.4, 0.5) is 10.2 Å². The first-order chi connectivity index (χ1) is 15.1. The largest absolute Gasteiger partial charge is 0.306 e. The quantitative estimate of drug-likeness (QED) is 0.485. The molecule has 0 aliphatic carbocycles. The molecule has 5 aromatic rings. The molecule has 0 spiro atoms. The molecule has 8 nitrogen and oxygen atoms in total. The summed E-state index contributed by atoms with van der Waals surface area (Å²) in [6.07, 6.45) is 3.06. The third-order valence-electron chi connectivity index (χ3n) is 4.74. The summed E-state index contributed by atoms with van der Waals surface area (Å²) in [7, 11) is 0. The van der Waals surface area contributed by atoms with E-state index in [1.54, 1.807) is 29.9 Å². The highest BCUT2D eigenvalue weighted by molar-refractivity contribution is 6.04. The van der Waals surface area contributed by atoms with Crippen molar-refractivity contribution in [1.82, 2.24) is 29.5 Å². The van der Waals surface area contributed by atoms with Gasteiger partial charge in [-0.2, -0.15) is 14.9 Å². The fourth-order valence-electron chi connectivity index (χ4n) is 3.34. The average Bonchev–Trinajstić information content (AvgIpc) is 3.38. The summed E-state index contributed by atoms with van der Waals surface area (Å²) in [4.78, 5) is 21.4. The third-order valence-corrected chi connectivity index (χ3v) is 4.74. The highest BCUT2D eigenvalue weighted by atomic mass is 19.1. The normalized spacial score (nSPS) is 11.0. The summed E-state index contributed by atoms with van der Waals surface area (Å²) in [6, 6.07) is 17.1. The number of hydrogen-bond donors (Lipinski definition) is 1. The number of halogens is 1. The summed E-state index contributed by atoms with van der Waals surface area (Å²) in [5, 5.41) is 12.3. The van der Waals surface area contributed by atoms with Crippen molar-refractivity contribution in [3.05, 3.63) is 90.3 Å². The van der Waals surface area contributed by atoms with Gasteiger partial charge in [-0.3, -0.25) is 4.79 Å². The van der Waals surface area contributed by atoms with E-state index in [1.165, 1.54) is 29.2 Å². The minimum absolute atomic E-state index is 0.0577. The lowest BCUT2D eigenvalue weighted by Crippen LogP contribution is -2.17. The zero-order valence-corrected chi connectivity index (χ0v) is 16.4. The summed E-state index contributed by atoms with van der Waals surface area (Å²) >= 11 is 0. The number of rotatable bonds is 4. The van der Waals surface area contributed by atoms with Gasteiger partial charge in [0.05, 0.1) is 28.5 Å². The maximum Gasteiger partial charge on any atom is 0.259 e. The van der Waals surface area contributed by atoms with Crippen molar-refractivity contribution in [2.75, 3.05) is 5.32 Å². The third kappa shape index (κ3) is 3.31. The Hall–Kier alpha value is -4.40. The SMILES string of the molecule is Cc1cc(NC(=O)c2ccccc2F)n(-c2ncnc3c2cnn3-c2ccccc2)n1. The van der Waals surface area contributed by atoms with Crippen LogP contribution in [0.1, 0.15) is 16.1 Å². The molecule has 9 heteroatoms. The summed E-state index contributed by atoms with van der Waals surface area (Å²) < 4.78 is 17.2. The molecule has 0 saturated carbocycles. The predicted octanol–water partition coefficient (Wildman–Crippen LogP) is 3.70. The monoisotopic (exact) mass is 413 g/mol. The molecular weight excluding hydrogens is 397 g/mol. The van der Waals surface area contributed by atoms with Crippen molar-refractivity contribution < 1.29 is 9.18 Å². The van der Waals surface area contributed by atoms with E-state index in [1.807, 2.05) is 30.3 Å². The summed E-state index contributed by atoms with van der Waals surface area (Å²) in [5.74, 6) is -0.372. The zero-order valence-electron chi connectivity index (χ0n) is 16.4. The summed E-state index contributed by atoms with van der Waals surface area (Å²) in [5.41, 5.74) is 2.05. The number of carbonyl (C=O) groups excluding carboxylic acids is 1. The molecule has 3 aromatic heterocycles. The molecule has 5 rings (SSSR count). The number of aryl methyl sites for hydroxylation is 1. The second kappa shape index (κ2) is 7.45. The molecule has 0 radical (unpaired) electrons. The van der Waals surface area contributed by atoms with E-state index < -0.39 is 11.7 Å². The molecule has 0 aliphatic rings. The molecule has 152 valence electrons. The van der Waals surface area contributed by atoms with Crippen molar-refractivity contribution in [3.8, 4) is 11.5 Å². The molecule has 2 aromatic carbocycles. The van der Waals surface area contributed by atoms with E-state index in [2.05, 4.69) is 25.5 Å². The molecule has 1 N–H and O–H groups in total. The van der Waals surface area contributed by atoms with E-state index >= 15 is 0 Å². The maximum absolute atomic E-state index is 14.0. The number of nitrogens with zero attached hydrogens (tertiary/aromatic N) is 6. The van der Waals surface area contributed by atoms with Crippen molar-refractivity contribution in [3.63, 3.8) is 0 Å². The second-order valence-electron chi connectivity index (χ2n) is 6.84. The van der Waals surface area contributed by atoms with Gasteiger partial charge in [-0.25, -0.2) is 19.0 Å². The van der Waals surface area contributed by atoms with Crippen LogP contribution in [-0.2, 0) is 0 Å². The first kappa shape index (κ1) is 18.6. The molecule has 31 heavy (non-hydrogen) atoms. The van der Waals surface area contributed by atoms with Crippen LogP contribution in [0.25, 0.3) is 22.5 Å². The number of para-hydroxylation sites is 1. The van der Waals surface area contributed by atoms with Crippen LogP contribution in [0.2, 0.25) is 0 Å². The van der Waals surface area contributed by atoms with Crippen LogP contribution in [0.5, 0.6) is 0 Å². The molecule has 0 saturated heterocycles. The van der Waals surface area contributed by atoms with Gasteiger partial charge in [0, 0.05) is 6.07 Å². The van der Waals surface area contributed by atoms with Gasteiger partial charge in [-0.1, -0.05) is 30.3 Å². The van der Waals surface area contributed by atoms with Crippen molar-refractivity contribution in [2.45, 2.75) is 6.92 Å². The number of benzene rings is 2. The minimum atomic E-state index is -0.601. The highest BCUT2D eigenvalue weighted by Gasteiger charge is 2.19. The fraction of sp³-hybridized carbons (Fsp3) is 0.0455. The number of carbonyl (C=O) groups is 1. The zero-order chi connectivity index (χ0) is 21.4. The molecule has 0 bridgehead atoms. The second-order valence-corrected chi connectivity index (χ2v) is 6.84. The molecule has 0 fully saturated rings. The Labute approximate surface area is 176 Å². The Morgan fingerprint density at radius 1 is 1.00 bits per heavy atom. The molecule has 0 atom stereocenters.